The van der Waals surface area contributed by atoms with E-state index in [1.807, 2.05) is 12.3 Å². The number of aryl methyl sites for hydroxylation is 1. The minimum absolute atomic E-state index is 0.133. The van der Waals surface area contributed by atoms with Gasteiger partial charge in [-0.15, -0.1) is 11.3 Å². The second-order valence-electron chi connectivity index (χ2n) is 3.54. The van der Waals surface area contributed by atoms with Crippen LogP contribution in [0.4, 0.5) is 11.9 Å². The largest absolute Gasteiger partial charge is 0.467 e. The van der Waals surface area contributed by atoms with Crippen LogP contribution in [0.1, 0.15) is 10.7 Å². The van der Waals surface area contributed by atoms with Crippen LogP contribution in [0.25, 0.3) is 0 Å². The Kier molecular flexibility index (Phi) is 3.88. The lowest BCUT2D eigenvalue weighted by Crippen LogP contribution is -2.11. The summed E-state index contributed by atoms with van der Waals surface area (Å²) in [6.07, 6.45) is 0.804. The number of nitrogens with one attached hydrogen (secondary N) is 1. The zero-order chi connectivity index (χ0) is 13.0. The lowest BCUT2D eigenvalue weighted by Gasteiger charge is -2.05. The highest BCUT2D eigenvalue weighted by Crippen LogP contribution is 2.10. The standard InChI is InChI=1S/C10H14N6OS/c1-6-13-7(5-18-6)3-4-12-9-14-8(11)15-10(16-9)17-2/h5H,3-4H2,1-2H3,(H3,11,12,14,15,16). The zero-order valence-electron chi connectivity index (χ0n) is 10.2. The third-order valence-corrected chi connectivity index (χ3v) is 2.97. The molecule has 0 aliphatic rings. The summed E-state index contributed by atoms with van der Waals surface area (Å²) in [4.78, 5) is 16.2. The SMILES string of the molecule is COc1nc(N)nc(NCCc2csc(C)n2)n1. The number of hydrogen-bond acceptors (Lipinski definition) is 8. The first-order chi connectivity index (χ1) is 8.67. The monoisotopic (exact) mass is 266 g/mol. The lowest BCUT2D eigenvalue weighted by atomic mass is 10.3. The van der Waals surface area contributed by atoms with E-state index in [4.69, 9.17) is 10.5 Å². The van der Waals surface area contributed by atoms with Crippen molar-refractivity contribution in [1.29, 1.82) is 0 Å². The van der Waals surface area contributed by atoms with Crippen LogP contribution in [0.15, 0.2) is 5.38 Å². The Balaban J connectivity index is 1.91. The van der Waals surface area contributed by atoms with Crippen LogP contribution in [0.3, 0.4) is 0 Å². The Morgan fingerprint density at radius 1 is 1.33 bits per heavy atom. The molecule has 0 saturated heterocycles. The van der Waals surface area contributed by atoms with Crippen molar-refractivity contribution in [3.05, 3.63) is 16.1 Å². The molecule has 0 spiro atoms. The lowest BCUT2D eigenvalue weighted by molar-refractivity contribution is 0.379. The summed E-state index contributed by atoms with van der Waals surface area (Å²) < 4.78 is 4.91. The highest BCUT2D eigenvalue weighted by Gasteiger charge is 2.04. The molecule has 0 saturated carbocycles. The molecule has 2 rings (SSSR count). The first kappa shape index (κ1) is 12.5. The number of rotatable bonds is 5. The van der Waals surface area contributed by atoms with E-state index in [2.05, 4.69) is 25.3 Å². The average molecular weight is 266 g/mol. The van der Waals surface area contributed by atoms with Crippen LogP contribution in [0.2, 0.25) is 0 Å². The van der Waals surface area contributed by atoms with E-state index in [9.17, 15) is 0 Å². The molecule has 2 aromatic heterocycles. The van der Waals surface area contributed by atoms with Crippen LogP contribution >= 0.6 is 11.3 Å². The van der Waals surface area contributed by atoms with Gasteiger partial charge in [-0.25, -0.2) is 4.98 Å². The summed E-state index contributed by atoms with van der Waals surface area (Å²) >= 11 is 1.64. The van der Waals surface area contributed by atoms with Crippen molar-refractivity contribution in [2.45, 2.75) is 13.3 Å². The number of hydrogen-bond donors (Lipinski definition) is 2. The molecule has 3 N–H and O–H groups in total. The quantitative estimate of drug-likeness (QED) is 0.828. The number of nitrogens with two attached hydrogens (primary N) is 1. The smallest absolute Gasteiger partial charge is 0.322 e. The zero-order valence-corrected chi connectivity index (χ0v) is 11.0. The molecule has 0 radical (unpaired) electrons. The average Bonchev–Trinajstić information content (AvgIpc) is 2.74. The number of aromatic nitrogens is 4. The van der Waals surface area contributed by atoms with Gasteiger partial charge in [-0.05, 0) is 6.92 Å². The molecular weight excluding hydrogens is 252 g/mol. The maximum absolute atomic E-state index is 5.53. The van der Waals surface area contributed by atoms with Gasteiger partial charge < -0.3 is 15.8 Å². The normalized spacial score (nSPS) is 10.3. The summed E-state index contributed by atoms with van der Waals surface area (Å²) in [5, 5.41) is 6.17. The summed E-state index contributed by atoms with van der Waals surface area (Å²) in [5.41, 5.74) is 6.58. The Morgan fingerprint density at radius 3 is 2.83 bits per heavy atom. The molecule has 2 aromatic rings. The molecule has 0 aromatic carbocycles. The van der Waals surface area contributed by atoms with E-state index in [0.717, 1.165) is 17.1 Å². The fourth-order valence-electron chi connectivity index (χ4n) is 1.37. The fourth-order valence-corrected chi connectivity index (χ4v) is 2.01. The van der Waals surface area contributed by atoms with Crippen LogP contribution < -0.4 is 15.8 Å². The summed E-state index contributed by atoms with van der Waals surface area (Å²) in [6.45, 7) is 2.66. The molecule has 2 heterocycles. The topological polar surface area (TPSA) is 98.8 Å². The van der Waals surface area contributed by atoms with E-state index in [1.54, 1.807) is 11.3 Å². The number of nitrogen functional groups attached to an aromatic ring is 1. The summed E-state index contributed by atoms with van der Waals surface area (Å²) in [5.74, 6) is 0.542. The molecule has 0 aliphatic carbocycles. The molecule has 0 unspecified atom stereocenters. The minimum atomic E-state index is 0.133. The van der Waals surface area contributed by atoms with Gasteiger partial charge in [0.25, 0.3) is 0 Å². The van der Waals surface area contributed by atoms with E-state index < -0.39 is 0 Å². The van der Waals surface area contributed by atoms with Crippen molar-refractivity contribution in [3.8, 4) is 6.01 Å². The van der Waals surface area contributed by atoms with Crippen LogP contribution in [-0.2, 0) is 6.42 Å². The highest BCUT2D eigenvalue weighted by molar-refractivity contribution is 7.09. The van der Waals surface area contributed by atoms with E-state index in [-0.39, 0.29) is 12.0 Å². The van der Waals surface area contributed by atoms with Crippen molar-refractivity contribution in [2.75, 3.05) is 24.7 Å². The molecule has 0 aliphatic heterocycles. The first-order valence-electron chi connectivity index (χ1n) is 5.38. The minimum Gasteiger partial charge on any atom is -0.467 e. The van der Waals surface area contributed by atoms with Gasteiger partial charge >= 0.3 is 6.01 Å². The molecule has 7 nitrogen and oxygen atoms in total. The van der Waals surface area contributed by atoms with Gasteiger partial charge in [0.05, 0.1) is 17.8 Å². The number of nitrogens with zero attached hydrogens (tertiary/aromatic N) is 4. The Labute approximate surface area is 108 Å². The highest BCUT2D eigenvalue weighted by atomic mass is 32.1. The second-order valence-corrected chi connectivity index (χ2v) is 4.60. The molecule has 0 bridgehead atoms. The van der Waals surface area contributed by atoms with Crippen molar-refractivity contribution in [3.63, 3.8) is 0 Å². The Hall–Kier alpha value is -1.96. The molecule has 0 fully saturated rings. The number of methoxy groups -OCH3 is 1. The molecule has 0 amide bonds. The fraction of sp³-hybridized carbons (Fsp3) is 0.400. The molecular formula is C10H14N6OS. The van der Waals surface area contributed by atoms with Gasteiger partial charge in [-0.3, -0.25) is 0 Å². The van der Waals surface area contributed by atoms with Crippen LogP contribution in [0.5, 0.6) is 6.01 Å². The Bertz CT molecular complexity index is 529. The molecule has 96 valence electrons. The third-order valence-electron chi connectivity index (χ3n) is 2.15. The Morgan fingerprint density at radius 2 is 2.17 bits per heavy atom. The molecule has 8 heteroatoms. The van der Waals surface area contributed by atoms with Crippen molar-refractivity contribution in [1.82, 2.24) is 19.9 Å². The van der Waals surface area contributed by atoms with Crippen LogP contribution in [0, 0.1) is 6.92 Å². The van der Waals surface area contributed by atoms with E-state index in [1.165, 1.54) is 7.11 Å². The number of anilines is 2. The van der Waals surface area contributed by atoms with Crippen molar-refractivity contribution in [2.24, 2.45) is 0 Å². The van der Waals surface area contributed by atoms with Gasteiger partial charge in [0.15, 0.2) is 0 Å². The predicted octanol–water partition coefficient (Wildman–Crippen LogP) is 0.882. The summed E-state index contributed by atoms with van der Waals surface area (Å²) in [7, 11) is 1.48. The number of ether oxygens (including phenoxy) is 1. The van der Waals surface area contributed by atoms with Gasteiger partial charge in [-0.2, -0.15) is 15.0 Å². The van der Waals surface area contributed by atoms with Crippen molar-refractivity contribution >= 4 is 23.2 Å². The maximum atomic E-state index is 5.53. The van der Waals surface area contributed by atoms with Gasteiger partial charge in [0.2, 0.25) is 11.9 Å². The second kappa shape index (κ2) is 5.58. The van der Waals surface area contributed by atoms with Gasteiger partial charge in [-0.1, -0.05) is 0 Å². The van der Waals surface area contributed by atoms with Crippen molar-refractivity contribution < 1.29 is 4.74 Å². The molecule has 0 atom stereocenters. The van der Waals surface area contributed by atoms with Crippen LogP contribution in [-0.4, -0.2) is 33.6 Å². The van der Waals surface area contributed by atoms with E-state index in [0.29, 0.717) is 12.5 Å². The van der Waals surface area contributed by atoms with Gasteiger partial charge in [0, 0.05) is 18.3 Å². The van der Waals surface area contributed by atoms with Gasteiger partial charge in [0.1, 0.15) is 0 Å². The third kappa shape index (κ3) is 3.27. The predicted molar refractivity (Wildman–Crippen MR) is 69.8 cm³/mol. The summed E-state index contributed by atoms with van der Waals surface area (Å²) in [6, 6.07) is 0.203. The number of thiazole rings is 1. The van der Waals surface area contributed by atoms with E-state index >= 15 is 0 Å². The first-order valence-corrected chi connectivity index (χ1v) is 6.26. The molecule has 18 heavy (non-hydrogen) atoms. The maximum Gasteiger partial charge on any atom is 0.322 e.